The minimum atomic E-state index is -0.661. The van der Waals surface area contributed by atoms with Crippen LogP contribution >= 0.6 is 23.2 Å². The smallest absolute Gasteiger partial charge is 0.263 e. The molecule has 0 saturated carbocycles. The van der Waals surface area contributed by atoms with E-state index in [1.165, 1.54) is 0 Å². The molecule has 5 nitrogen and oxygen atoms in total. The zero-order valence-electron chi connectivity index (χ0n) is 14.4. The number of carbonyl (C=O) groups excluding carboxylic acids is 1. The summed E-state index contributed by atoms with van der Waals surface area (Å²) in [7, 11) is 0. The lowest BCUT2D eigenvalue weighted by molar-refractivity contribution is 0.0938. The fourth-order valence-corrected chi connectivity index (χ4v) is 3.84. The van der Waals surface area contributed by atoms with Crippen LogP contribution in [0, 0.1) is 0 Å². The first kappa shape index (κ1) is 17.2. The molecule has 28 heavy (non-hydrogen) atoms. The Bertz CT molecular complexity index is 1100. The third kappa shape index (κ3) is 2.75. The molecular formula is C21H13Cl2NO4. The van der Waals surface area contributed by atoms with Crippen molar-refractivity contribution in [1.82, 2.24) is 0 Å². The highest BCUT2D eigenvalue weighted by Crippen LogP contribution is 2.46. The van der Waals surface area contributed by atoms with Crippen molar-refractivity contribution >= 4 is 34.8 Å². The monoisotopic (exact) mass is 413 g/mol. The molecule has 0 aromatic heterocycles. The second-order valence-corrected chi connectivity index (χ2v) is 7.19. The molecule has 0 spiro atoms. The number of nitrogens with zero attached hydrogens (tertiary/aromatic N) is 1. The van der Waals surface area contributed by atoms with Crippen LogP contribution in [0.5, 0.6) is 17.2 Å². The highest BCUT2D eigenvalue weighted by molar-refractivity contribution is 6.37. The molecule has 1 amide bonds. The second-order valence-electron chi connectivity index (χ2n) is 6.35. The number of ether oxygens (including phenoxy) is 3. The molecule has 0 bridgehead atoms. The van der Waals surface area contributed by atoms with E-state index in [1.54, 1.807) is 23.1 Å². The molecule has 140 valence electrons. The van der Waals surface area contributed by atoms with Crippen LogP contribution in [0.3, 0.4) is 0 Å². The summed E-state index contributed by atoms with van der Waals surface area (Å²) in [6.45, 7) is 0.174. The van der Waals surface area contributed by atoms with Crippen LogP contribution in [0.25, 0.3) is 0 Å². The molecule has 7 heteroatoms. The van der Waals surface area contributed by atoms with Gasteiger partial charge in [-0.2, -0.15) is 0 Å². The van der Waals surface area contributed by atoms with E-state index < -0.39 is 6.23 Å². The average molecular weight is 414 g/mol. The second kappa shape index (κ2) is 6.62. The highest BCUT2D eigenvalue weighted by Gasteiger charge is 2.38. The molecule has 0 aliphatic carbocycles. The molecule has 2 aliphatic rings. The van der Waals surface area contributed by atoms with Crippen LogP contribution in [0.1, 0.15) is 22.1 Å². The van der Waals surface area contributed by atoms with E-state index in [9.17, 15) is 4.79 Å². The van der Waals surface area contributed by atoms with Crippen molar-refractivity contribution in [3.05, 3.63) is 81.8 Å². The van der Waals surface area contributed by atoms with Gasteiger partial charge >= 0.3 is 0 Å². The largest absolute Gasteiger partial charge is 0.464 e. The van der Waals surface area contributed by atoms with E-state index in [-0.39, 0.29) is 17.7 Å². The molecule has 1 unspecified atom stereocenters. The summed E-state index contributed by atoms with van der Waals surface area (Å²) in [5.74, 6) is 1.62. The minimum Gasteiger partial charge on any atom is -0.464 e. The molecule has 0 fully saturated rings. The van der Waals surface area contributed by atoms with E-state index in [0.29, 0.717) is 33.5 Å². The maximum absolute atomic E-state index is 13.4. The number of hydrogen-bond acceptors (Lipinski definition) is 4. The lowest BCUT2D eigenvalue weighted by Gasteiger charge is -2.24. The Morgan fingerprint density at radius 3 is 2.61 bits per heavy atom. The third-order valence-electron chi connectivity index (χ3n) is 4.66. The van der Waals surface area contributed by atoms with E-state index in [2.05, 4.69) is 0 Å². The highest BCUT2D eigenvalue weighted by atomic mass is 35.5. The van der Waals surface area contributed by atoms with Crippen molar-refractivity contribution in [1.29, 1.82) is 0 Å². The van der Waals surface area contributed by atoms with Gasteiger partial charge in [-0.15, -0.1) is 0 Å². The normalized spacial score (nSPS) is 16.6. The molecule has 3 aromatic carbocycles. The van der Waals surface area contributed by atoms with Gasteiger partial charge < -0.3 is 14.2 Å². The molecule has 3 aromatic rings. The van der Waals surface area contributed by atoms with Crippen molar-refractivity contribution in [2.75, 3.05) is 11.7 Å². The Hall–Kier alpha value is -2.89. The first-order chi connectivity index (χ1) is 13.6. The van der Waals surface area contributed by atoms with Crippen molar-refractivity contribution < 1.29 is 19.0 Å². The van der Waals surface area contributed by atoms with E-state index >= 15 is 0 Å². The SMILES string of the molecule is O=C(c1ccc(Cl)cc1Cl)N1c2ccccc2OC1c1ccc2c(c1)OCO2. The van der Waals surface area contributed by atoms with Crippen LogP contribution in [0.15, 0.2) is 60.7 Å². The summed E-state index contributed by atoms with van der Waals surface area (Å²) in [6.07, 6.45) is -0.661. The van der Waals surface area contributed by atoms with Gasteiger partial charge in [0.2, 0.25) is 13.0 Å². The average Bonchev–Trinajstić information content (AvgIpc) is 3.31. The molecule has 2 aliphatic heterocycles. The molecule has 0 N–H and O–H groups in total. The van der Waals surface area contributed by atoms with Gasteiger partial charge in [0.05, 0.1) is 16.3 Å². The number of para-hydroxylation sites is 2. The maximum atomic E-state index is 13.4. The first-order valence-electron chi connectivity index (χ1n) is 8.56. The van der Waals surface area contributed by atoms with Crippen LogP contribution in [-0.4, -0.2) is 12.7 Å². The zero-order chi connectivity index (χ0) is 19.3. The molecule has 1 atom stereocenters. The summed E-state index contributed by atoms with van der Waals surface area (Å²) in [5, 5.41) is 0.748. The third-order valence-corrected chi connectivity index (χ3v) is 5.21. The van der Waals surface area contributed by atoms with E-state index in [4.69, 9.17) is 37.4 Å². The summed E-state index contributed by atoms with van der Waals surface area (Å²) >= 11 is 12.3. The topological polar surface area (TPSA) is 48.0 Å². The standard InChI is InChI=1S/C21H13Cl2NO4/c22-13-6-7-14(15(23)10-13)20(25)24-16-3-1-2-4-17(16)28-21(24)12-5-8-18-19(9-12)27-11-26-18/h1-10,21H,11H2. The lowest BCUT2D eigenvalue weighted by Crippen LogP contribution is -2.33. The van der Waals surface area contributed by atoms with Crippen molar-refractivity contribution in [2.24, 2.45) is 0 Å². The first-order valence-corrected chi connectivity index (χ1v) is 9.31. The molecular weight excluding hydrogens is 401 g/mol. The number of amides is 1. The van der Waals surface area contributed by atoms with E-state index in [1.807, 2.05) is 42.5 Å². The van der Waals surface area contributed by atoms with Gasteiger partial charge in [-0.05, 0) is 48.5 Å². The number of halogens is 2. The van der Waals surface area contributed by atoms with Crippen molar-refractivity contribution in [2.45, 2.75) is 6.23 Å². The number of benzene rings is 3. The molecule has 2 heterocycles. The predicted octanol–water partition coefficient (Wildman–Crippen LogP) is 5.46. The minimum absolute atomic E-state index is 0.174. The number of anilines is 1. The van der Waals surface area contributed by atoms with Crippen LogP contribution in [0.2, 0.25) is 10.0 Å². The quantitative estimate of drug-likeness (QED) is 0.559. The number of rotatable bonds is 2. The van der Waals surface area contributed by atoms with Gasteiger partial charge in [0.15, 0.2) is 11.5 Å². The van der Waals surface area contributed by atoms with Gasteiger partial charge in [-0.3, -0.25) is 9.69 Å². The van der Waals surface area contributed by atoms with Gasteiger partial charge in [0.25, 0.3) is 5.91 Å². The maximum Gasteiger partial charge on any atom is 0.263 e. The fraction of sp³-hybridized carbons (Fsp3) is 0.0952. The fourth-order valence-electron chi connectivity index (χ4n) is 3.35. The summed E-state index contributed by atoms with van der Waals surface area (Å²) in [4.78, 5) is 15.0. The number of hydrogen-bond donors (Lipinski definition) is 0. The molecule has 5 rings (SSSR count). The molecule has 0 saturated heterocycles. The summed E-state index contributed by atoms with van der Waals surface area (Å²) in [6, 6.07) is 17.7. The van der Waals surface area contributed by atoms with Gasteiger partial charge in [-0.25, -0.2) is 0 Å². The van der Waals surface area contributed by atoms with Crippen LogP contribution in [0.4, 0.5) is 5.69 Å². The Morgan fingerprint density at radius 2 is 1.75 bits per heavy atom. The van der Waals surface area contributed by atoms with Crippen molar-refractivity contribution in [3.8, 4) is 17.2 Å². The Labute approximate surface area is 170 Å². The van der Waals surface area contributed by atoms with E-state index in [0.717, 1.165) is 5.56 Å². The summed E-state index contributed by atoms with van der Waals surface area (Å²) in [5.41, 5.74) is 1.78. The lowest BCUT2D eigenvalue weighted by atomic mass is 10.1. The van der Waals surface area contributed by atoms with Crippen LogP contribution < -0.4 is 19.1 Å². The number of carbonyl (C=O) groups is 1. The van der Waals surface area contributed by atoms with Gasteiger partial charge in [0.1, 0.15) is 5.75 Å². The predicted molar refractivity (Wildman–Crippen MR) is 106 cm³/mol. The summed E-state index contributed by atoms with van der Waals surface area (Å²) < 4.78 is 17.0. The number of fused-ring (bicyclic) bond motifs is 2. The molecule has 0 radical (unpaired) electrons. The zero-order valence-corrected chi connectivity index (χ0v) is 15.9. The Kier molecular flexibility index (Phi) is 4.07. The van der Waals surface area contributed by atoms with Crippen molar-refractivity contribution in [3.63, 3.8) is 0 Å². The van der Waals surface area contributed by atoms with Gasteiger partial charge in [-0.1, -0.05) is 35.3 Å². The Morgan fingerprint density at radius 1 is 0.929 bits per heavy atom. The van der Waals surface area contributed by atoms with Crippen LogP contribution in [-0.2, 0) is 0 Å². The Balaban J connectivity index is 1.60. The van der Waals surface area contributed by atoms with Gasteiger partial charge in [0, 0.05) is 10.6 Å².